The Morgan fingerprint density at radius 2 is 1.94 bits per heavy atom. The van der Waals surface area contributed by atoms with Crippen molar-refractivity contribution in [3.05, 3.63) is 75.9 Å². The first-order valence-corrected chi connectivity index (χ1v) is 12.1. The van der Waals surface area contributed by atoms with Crippen molar-refractivity contribution in [3.8, 4) is 11.3 Å². The SMILES string of the molecule is O=C(CN1Cc2ccc(-c3nc(NC4COC4)ncc3Cl)cc2C1=O)N1CCc2ccccc2C1. The zero-order valence-corrected chi connectivity index (χ0v) is 19.8. The summed E-state index contributed by atoms with van der Waals surface area (Å²) in [5.74, 6) is 0.290. The lowest BCUT2D eigenvalue weighted by Gasteiger charge is -2.30. The minimum Gasteiger partial charge on any atom is -0.377 e. The van der Waals surface area contributed by atoms with Gasteiger partial charge in [-0.05, 0) is 29.2 Å². The lowest BCUT2D eigenvalue weighted by atomic mass is 10.00. The molecule has 1 saturated heterocycles. The van der Waals surface area contributed by atoms with Crippen molar-refractivity contribution in [2.45, 2.75) is 25.6 Å². The molecule has 0 bridgehead atoms. The highest BCUT2D eigenvalue weighted by Gasteiger charge is 2.31. The van der Waals surface area contributed by atoms with Crippen LogP contribution in [0, 0.1) is 0 Å². The van der Waals surface area contributed by atoms with Crippen LogP contribution >= 0.6 is 11.6 Å². The molecule has 178 valence electrons. The maximum absolute atomic E-state index is 13.2. The van der Waals surface area contributed by atoms with E-state index < -0.39 is 0 Å². The van der Waals surface area contributed by atoms with Crippen LogP contribution in [0.5, 0.6) is 0 Å². The van der Waals surface area contributed by atoms with E-state index in [4.69, 9.17) is 16.3 Å². The summed E-state index contributed by atoms with van der Waals surface area (Å²) in [5, 5.41) is 3.63. The molecule has 1 aromatic heterocycles. The van der Waals surface area contributed by atoms with Crippen LogP contribution in [0.3, 0.4) is 0 Å². The number of halogens is 1. The summed E-state index contributed by atoms with van der Waals surface area (Å²) in [5.41, 5.74) is 5.23. The molecule has 3 aliphatic rings. The van der Waals surface area contributed by atoms with Gasteiger partial charge in [-0.25, -0.2) is 9.97 Å². The van der Waals surface area contributed by atoms with Gasteiger partial charge in [0.05, 0.1) is 36.2 Å². The first-order chi connectivity index (χ1) is 17.0. The number of carbonyl (C=O) groups is 2. The zero-order valence-electron chi connectivity index (χ0n) is 19.0. The third kappa shape index (κ3) is 4.24. The predicted octanol–water partition coefficient (Wildman–Crippen LogP) is 3.15. The molecular formula is C26H24ClN5O3. The molecule has 0 spiro atoms. The largest absolute Gasteiger partial charge is 0.377 e. The van der Waals surface area contributed by atoms with E-state index in [-0.39, 0.29) is 24.4 Å². The van der Waals surface area contributed by atoms with Crippen LogP contribution in [0.1, 0.15) is 27.0 Å². The Kier molecular flexibility index (Phi) is 5.62. The minimum atomic E-state index is -0.150. The van der Waals surface area contributed by atoms with Gasteiger partial charge in [0.2, 0.25) is 11.9 Å². The standard InChI is InChI=1S/C26H24ClN5O3/c27-22-10-28-26(29-20-14-35-15-20)30-24(22)17-5-6-19-12-32(25(34)21(19)9-17)13-23(33)31-8-7-16-3-1-2-4-18(16)11-31/h1-6,9-10,20H,7-8,11-15H2,(H,28,29,30). The van der Waals surface area contributed by atoms with Gasteiger partial charge in [-0.3, -0.25) is 9.59 Å². The molecule has 4 heterocycles. The fraction of sp³-hybridized carbons (Fsp3) is 0.308. The van der Waals surface area contributed by atoms with Crippen molar-refractivity contribution >= 4 is 29.4 Å². The average Bonchev–Trinajstić information content (AvgIpc) is 3.16. The van der Waals surface area contributed by atoms with E-state index in [0.717, 1.165) is 17.5 Å². The van der Waals surface area contributed by atoms with Gasteiger partial charge in [0.15, 0.2) is 0 Å². The van der Waals surface area contributed by atoms with Gasteiger partial charge < -0.3 is 19.9 Å². The summed E-state index contributed by atoms with van der Waals surface area (Å²) in [6, 6.07) is 14.0. The first kappa shape index (κ1) is 22.0. The molecule has 0 atom stereocenters. The first-order valence-electron chi connectivity index (χ1n) is 11.7. The van der Waals surface area contributed by atoms with Crippen molar-refractivity contribution in [2.75, 3.05) is 31.6 Å². The molecule has 9 heteroatoms. The lowest BCUT2D eigenvalue weighted by Crippen LogP contribution is -2.42. The topological polar surface area (TPSA) is 87.7 Å². The molecule has 0 saturated carbocycles. The van der Waals surface area contributed by atoms with Crippen molar-refractivity contribution in [1.29, 1.82) is 0 Å². The number of nitrogens with zero attached hydrogens (tertiary/aromatic N) is 4. The van der Waals surface area contributed by atoms with Crippen LogP contribution in [-0.2, 0) is 29.0 Å². The van der Waals surface area contributed by atoms with E-state index in [1.54, 1.807) is 11.1 Å². The molecule has 0 unspecified atom stereocenters. The van der Waals surface area contributed by atoms with Gasteiger partial charge in [0.1, 0.15) is 6.54 Å². The number of nitrogens with one attached hydrogen (secondary N) is 1. The molecule has 0 radical (unpaired) electrons. The van der Waals surface area contributed by atoms with Gasteiger partial charge in [0, 0.05) is 30.8 Å². The molecular weight excluding hydrogens is 466 g/mol. The van der Waals surface area contributed by atoms with Gasteiger partial charge in [-0.15, -0.1) is 0 Å². The smallest absolute Gasteiger partial charge is 0.254 e. The Labute approximate surface area is 207 Å². The molecule has 1 N–H and O–H groups in total. The summed E-state index contributed by atoms with van der Waals surface area (Å²) in [6.45, 7) is 2.97. The zero-order chi connectivity index (χ0) is 23.9. The van der Waals surface area contributed by atoms with Gasteiger partial charge >= 0.3 is 0 Å². The second-order valence-electron chi connectivity index (χ2n) is 9.14. The quantitative estimate of drug-likeness (QED) is 0.592. The molecule has 1 fully saturated rings. The number of anilines is 1. The fourth-order valence-electron chi connectivity index (χ4n) is 4.75. The molecule has 35 heavy (non-hydrogen) atoms. The molecule has 0 aliphatic carbocycles. The number of hydrogen-bond acceptors (Lipinski definition) is 6. The van der Waals surface area contributed by atoms with Crippen LogP contribution in [0.2, 0.25) is 5.02 Å². The highest BCUT2D eigenvalue weighted by molar-refractivity contribution is 6.33. The summed E-state index contributed by atoms with van der Waals surface area (Å²) < 4.78 is 5.19. The van der Waals surface area contributed by atoms with Crippen LogP contribution in [0.4, 0.5) is 5.95 Å². The summed E-state index contributed by atoms with van der Waals surface area (Å²) in [7, 11) is 0. The Morgan fingerprint density at radius 3 is 2.74 bits per heavy atom. The van der Waals surface area contributed by atoms with E-state index in [0.29, 0.717) is 55.1 Å². The van der Waals surface area contributed by atoms with E-state index in [1.807, 2.05) is 35.2 Å². The van der Waals surface area contributed by atoms with Crippen LogP contribution in [0.25, 0.3) is 11.3 Å². The van der Waals surface area contributed by atoms with Crippen LogP contribution < -0.4 is 5.32 Å². The van der Waals surface area contributed by atoms with E-state index in [1.165, 1.54) is 11.1 Å². The van der Waals surface area contributed by atoms with E-state index in [9.17, 15) is 9.59 Å². The van der Waals surface area contributed by atoms with Gasteiger partial charge in [-0.1, -0.05) is 48.0 Å². The molecule has 2 amide bonds. The summed E-state index contributed by atoms with van der Waals surface area (Å²) in [4.78, 5) is 38.5. The minimum absolute atomic E-state index is 0.0320. The monoisotopic (exact) mass is 489 g/mol. The molecule has 2 aromatic carbocycles. The second-order valence-corrected chi connectivity index (χ2v) is 9.54. The number of fused-ring (bicyclic) bond motifs is 2. The summed E-state index contributed by atoms with van der Waals surface area (Å²) in [6.07, 6.45) is 2.40. The molecule has 6 rings (SSSR count). The lowest BCUT2D eigenvalue weighted by molar-refractivity contribution is -0.132. The van der Waals surface area contributed by atoms with Gasteiger partial charge in [-0.2, -0.15) is 0 Å². The number of aromatic nitrogens is 2. The highest BCUT2D eigenvalue weighted by atomic mass is 35.5. The third-order valence-electron chi connectivity index (χ3n) is 6.79. The normalized spacial score (nSPS) is 17.1. The Bertz CT molecular complexity index is 1330. The van der Waals surface area contributed by atoms with E-state index in [2.05, 4.69) is 27.4 Å². The fourth-order valence-corrected chi connectivity index (χ4v) is 4.95. The number of benzene rings is 2. The Balaban J connectivity index is 1.17. The maximum atomic E-state index is 13.2. The molecule has 3 aliphatic heterocycles. The summed E-state index contributed by atoms with van der Waals surface area (Å²) >= 11 is 6.40. The number of carbonyl (C=O) groups excluding carboxylic acids is 2. The maximum Gasteiger partial charge on any atom is 0.254 e. The molecule has 3 aromatic rings. The Hall–Kier alpha value is -3.49. The second kappa shape index (κ2) is 8.94. The van der Waals surface area contributed by atoms with Crippen molar-refractivity contribution < 1.29 is 14.3 Å². The number of rotatable bonds is 5. The average molecular weight is 490 g/mol. The number of amides is 2. The number of hydrogen-bond donors (Lipinski definition) is 1. The number of ether oxygens (including phenoxy) is 1. The van der Waals surface area contributed by atoms with Crippen LogP contribution in [0.15, 0.2) is 48.7 Å². The van der Waals surface area contributed by atoms with Crippen LogP contribution in [-0.4, -0.2) is 63.9 Å². The molecule has 8 nitrogen and oxygen atoms in total. The third-order valence-corrected chi connectivity index (χ3v) is 7.06. The van der Waals surface area contributed by atoms with Crippen molar-refractivity contribution in [3.63, 3.8) is 0 Å². The van der Waals surface area contributed by atoms with Gasteiger partial charge in [0.25, 0.3) is 5.91 Å². The van der Waals surface area contributed by atoms with E-state index >= 15 is 0 Å². The van der Waals surface area contributed by atoms with Crippen molar-refractivity contribution in [2.24, 2.45) is 0 Å². The predicted molar refractivity (Wildman–Crippen MR) is 131 cm³/mol. The Morgan fingerprint density at radius 1 is 1.11 bits per heavy atom. The van der Waals surface area contributed by atoms with Crippen molar-refractivity contribution in [1.82, 2.24) is 19.8 Å². The highest BCUT2D eigenvalue weighted by Crippen LogP contribution is 2.32.